The van der Waals surface area contributed by atoms with Crippen LogP contribution in [0.3, 0.4) is 0 Å². The lowest BCUT2D eigenvalue weighted by Crippen LogP contribution is -2.30. The van der Waals surface area contributed by atoms with Gasteiger partial charge in [-0.1, -0.05) is 6.07 Å². The van der Waals surface area contributed by atoms with Crippen molar-refractivity contribution in [3.05, 3.63) is 33.9 Å². The molecule has 1 N–H and O–H groups in total. The molecule has 0 spiro atoms. The molecule has 0 unspecified atom stereocenters. The van der Waals surface area contributed by atoms with Crippen molar-refractivity contribution in [3.8, 4) is 5.75 Å². The number of hydrogen-bond acceptors (Lipinski definition) is 4. The van der Waals surface area contributed by atoms with Crippen LogP contribution in [0.4, 0.5) is 5.69 Å². The Kier molecular flexibility index (Phi) is 4.74. The summed E-state index contributed by atoms with van der Waals surface area (Å²) in [6.45, 7) is 4.50. The van der Waals surface area contributed by atoms with E-state index in [1.165, 1.54) is 12.8 Å². The molecule has 0 aliphatic carbocycles. The van der Waals surface area contributed by atoms with E-state index in [0.717, 1.165) is 25.1 Å². The molecular weight excluding hydrogens is 244 g/mol. The third kappa shape index (κ3) is 3.92. The van der Waals surface area contributed by atoms with Crippen LogP contribution in [0, 0.1) is 23.0 Å². The first-order chi connectivity index (χ1) is 9.16. The highest BCUT2D eigenvalue weighted by Gasteiger charge is 2.17. The van der Waals surface area contributed by atoms with Gasteiger partial charge in [-0.05, 0) is 56.8 Å². The highest BCUT2D eigenvalue weighted by atomic mass is 16.6. The Morgan fingerprint density at radius 1 is 1.53 bits per heavy atom. The van der Waals surface area contributed by atoms with Crippen molar-refractivity contribution in [3.63, 3.8) is 0 Å². The minimum Gasteiger partial charge on any atom is -0.487 e. The van der Waals surface area contributed by atoms with Gasteiger partial charge in [0.15, 0.2) is 5.75 Å². The molecule has 0 aromatic heterocycles. The number of benzene rings is 1. The van der Waals surface area contributed by atoms with Gasteiger partial charge in [0.2, 0.25) is 0 Å². The maximum absolute atomic E-state index is 11.0. The Balaban J connectivity index is 1.89. The fraction of sp³-hybridized carbons (Fsp3) is 0.571. The molecule has 1 aliphatic rings. The summed E-state index contributed by atoms with van der Waals surface area (Å²) in [6.07, 6.45) is 3.36. The van der Waals surface area contributed by atoms with E-state index in [1.807, 2.05) is 13.0 Å². The van der Waals surface area contributed by atoms with E-state index in [1.54, 1.807) is 12.1 Å². The van der Waals surface area contributed by atoms with Gasteiger partial charge in [-0.15, -0.1) is 0 Å². The highest BCUT2D eigenvalue weighted by Crippen LogP contribution is 2.28. The Labute approximate surface area is 113 Å². The molecule has 1 saturated heterocycles. The van der Waals surface area contributed by atoms with Crippen molar-refractivity contribution >= 4 is 5.69 Å². The summed E-state index contributed by atoms with van der Waals surface area (Å²) in [5.41, 5.74) is 0.928. The van der Waals surface area contributed by atoms with Crippen LogP contribution < -0.4 is 10.1 Å². The molecule has 1 aromatic carbocycles. The van der Waals surface area contributed by atoms with Crippen LogP contribution in [-0.2, 0) is 0 Å². The summed E-state index contributed by atoms with van der Waals surface area (Å²) in [4.78, 5) is 10.6. The van der Waals surface area contributed by atoms with Crippen molar-refractivity contribution in [2.75, 3.05) is 19.7 Å². The van der Waals surface area contributed by atoms with Crippen LogP contribution in [0.2, 0.25) is 0 Å². The minimum absolute atomic E-state index is 0.0572. The molecule has 0 saturated carbocycles. The summed E-state index contributed by atoms with van der Waals surface area (Å²) >= 11 is 0. The number of rotatable bonds is 5. The standard InChI is InChI=1S/C14H20N2O3/c1-11-4-5-14(13(9-11)16(17)18)19-8-6-12-3-2-7-15-10-12/h4-5,9,12,15H,2-3,6-8,10H2,1H3/t12-/m0/s1. The molecule has 2 rings (SSSR count). The first-order valence-corrected chi connectivity index (χ1v) is 6.75. The number of nitrogens with one attached hydrogen (secondary N) is 1. The largest absolute Gasteiger partial charge is 0.487 e. The zero-order chi connectivity index (χ0) is 13.7. The molecule has 1 aromatic rings. The van der Waals surface area contributed by atoms with E-state index in [0.29, 0.717) is 18.3 Å². The van der Waals surface area contributed by atoms with Crippen molar-refractivity contribution in [2.45, 2.75) is 26.2 Å². The third-order valence-electron chi connectivity index (χ3n) is 3.49. The van der Waals surface area contributed by atoms with E-state index < -0.39 is 0 Å². The van der Waals surface area contributed by atoms with E-state index in [-0.39, 0.29) is 10.6 Å². The van der Waals surface area contributed by atoms with Gasteiger partial charge in [0.25, 0.3) is 0 Å². The second-order valence-corrected chi connectivity index (χ2v) is 5.08. The number of nitro groups is 1. The molecule has 0 bridgehead atoms. The molecule has 5 heteroatoms. The lowest BCUT2D eigenvalue weighted by atomic mass is 9.97. The maximum atomic E-state index is 11.0. The molecular formula is C14H20N2O3. The molecule has 1 atom stereocenters. The van der Waals surface area contributed by atoms with Crippen LogP contribution in [-0.4, -0.2) is 24.6 Å². The Hall–Kier alpha value is -1.62. The average molecular weight is 264 g/mol. The smallest absolute Gasteiger partial charge is 0.311 e. The SMILES string of the molecule is Cc1ccc(OCC[C@@H]2CCCNC2)c([N+](=O)[O-])c1. The lowest BCUT2D eigenvalue weighted by molar-refractivity contribution is -0.385. The van der Waals surface area contributed by atoms with Crippen molar-refractivity contribution in [1.29, 1.82) is 0 Å². The topological polar surface area (TPSA) is 64.4 Å². The number of nitrogens with zero attached hydrogens (tertiary/aromatic N) is 1. The van der Waals surface area contributed by atoms with E-state index in [4.69, 9.17) is 4.74 Å². The number of hydrogen-bond donors (Lipinski definition) is 1. The van der Waals surface area contributed by atoms with Gasteiger partial charge < -0.3 is 10.1 Å². The van der Waals surface area contributed by atoms with Gasteiger partial charge in [-0.25, -0.2) is 0 Å². The zero-order valence-corrected chi connectivity index (χ0v) is 11.2. The molecule has 1 aliphatic heterocycles. The number of nitro benzene ring substituents is 1. The van der Waals surface area contributed by atoms with Gasteiger partial charge >= 0.3 is 5.69 Å². The van der Waals surface area contributed by atoms with Gasteiger partial charge in [0, 0.05) is 6.07 Å². The summed E-state index contributed by atoms with van der Waals surface area (Å²) < 4.78 is 5.59. The van der Waals surface area contributed by atoms with Gasteiger partial charge in [-0.2, -0.15) is 0 Å². The molecule has 0 amide bonds. The summed E-state index contributed by atoms with van der Waals surface area (Å²) in [5.74, 6) is 0.998. The summed E-state index contributed by atoms with van der Waals surface area (Å²) in [5, 5.41) is 14.3. The molecule has 19 heavy (non-hydrogen) atoms. The van der Waals surface area contributed by atoms with Crippen LogP contribution in [0.1, 0.15) is 24.8 Å². The lowest BCUT2D eigenvalue weighted by Gasteiger charge is -2.22. The van der Waals surface area contributed by atoms with E-state index in [2.05, 4.69) is 5.32 Å². The second kappa shape index (κ2) is 6.52. The molecule has 0 radical (unpaired) electrons. The molecule has 1 heterocycles. The second-order valence-electron chi connectivity index (χ2n) is 5.08. The first-order valence-electron chi connectivity index (χ1n) is 6.75. The summed E-state index contributed by atoms with van der Waals surface area (Å²) in [6, 6.07) is 5.08. The number of ether oxygens (including phenoxy) is 1. The van der Waals surface area contributed by atoms with Crippen LogP contribution in [0.5, 0.6) is 5.75 Å². The van der Waals surface area contributed by atoms with Crippen LogP contribution in [0.25, 0.3) is 0 Å². The molecule has 5 nitrogen and oxygen atoms in total. The van der Waals surface area contributed by atoms with Gasteiger partial charge in [0.05, 0.1) is 11.5 Å². The zero-order valence-electron chi connectivity index (χ0n) is 11.2. The van der Waals surface area contributed by atoms with Crippen LogP contribution in [0.15, 0.2) is 18.2 Å². The quantitative estimate of drug-likeness (QED) is 0.656. The Morgan fingerprint density at radius 2 is 2.37 bits per heavy atom. The Bertz CT molecular complexity index is 442. The summed E-state index contributed by atoms with van der Waals surface area (Å²) in [7, 11) is 0. The maximum Gasteiger partial charge on any atom is 0.311 e. The van der Waals surface area contributed by atoms with Crippen molar-refractivity contribution in [1.82, 2.24) is 5.32 Å². The predicted molar refractivity (Wildman–Crippen MR) is 73.5 cm³/mol. The van der Waals surface area contributed by atoms with Crippen molar-refractivity contribution < 1.29 is 9.66 Å². The van der Waals surface area contributed by atoms with Crippen molar-refractivity contribution in [2.24, 2.45) is 5.92 Å². The molecule has 104 valence electrons. The third-order valence-corrected chi connectivity index (χ3v) is 3.49. The number of aryl methyl sites for hydroxylation is 1. The van der Waals surface area contributed by atoms with Gasteiger partial charge in [0.1, 0.15) is 0 Å². The van der Waals surface area contributed by atoms with Gasteiger partial charge in [-0.3, -0.25) is 10.1 Å². The minimum atomic E-state index is -0.384. The number of piperidine rings is 1. The Morgan fingerprint density at radius 3 is 3.05 bits per heavy atom. The molecule has 1 fully saturated rings. The fourth-order valence-electron chi connectivity index (χ4n) is 2.40. The van der Waals surface area contributed by atoms with E-state index >= 15 is 0 Å². The average Bonchev–Trinajstić information content (AvgIpc) is 2.41. The van der Waals surface area contributed by atoms with E-state index in [9.17, 15) is 10.1 Å². The fourth-order valence-corrected chi connectivity index (χ4v) is 2.40. The first kappa shape index (κ1) is 13.8. The van der Waals surface area contributed by atoms with Crippen LogP contribution >= 0.6 is 0 Å². The normalized spacial score (nSPS) is 19.1. The highest BCUT2D eigenvalue weighted by molar-refractivity contribution is 5.48. The predicted octanol–water partition coefficient (Wildman–Crippen LogP) is 2.67. The monoisotopic (exact) mass is 264 g/mol.